The Bertz CT molecular complexity index is 609. The Hall–Kier alpha value is -2.19. The van der Waals surface area contributed by atoms with E-state index in [9.17, 15) is 9.59 Å². The Balaban J connectivity index is 1.86. The molecule has 0 aromatic carbocycles. The van der Waals surface area contributed by atoms with Gasteiger partial charge in [0.15, 0.2) is 5.82 Å². The largest absolute Gasteiger partial charge is 0.374 e. The quantitative estimate of drug-likeness (QED) is 0.816. The number of amides is 2. The fourth-order valence-corrected chi connectivity index (χ4v) is 2.60. The van der Waals surface area contributed by atoms with Crippen molar-refractivity contribution in [3.05, 3.63) is 34.2 Å². The minimum absolute atomic E-state index is 0.187. The maximum Gasteiger partial charge on any atom is 0.314 e. The van der Waals surface area contributed by atoms with Gasteiger partial charge in [-0.1, -0.05) is 5.16 Å². The molecule has 0 radical (unpaired) electrons. The van der Waals surface area contributed by atoms with Gasteiger partial charge in [-0.05, 0) is 19.1 Å². The molecule has 0 bridgehead atoms. The normalized spacial score (nSPS) is 11.9. The highest BCUT2D eigenvalue weighted by Gasteiger charge is 2.18. The number of nitrogens with zero attached hydrogens (tertiary/aromatic N) is 1. The van der Waals surface area contributed by atoms with E-state index in [1.54, 1.807) is 18.4 Å². The first-order chi connectivity index (χ1) is 10.1. The van der Waals surface area contributed by atoms with E-state index in [4.69, 9.17) is 4.74 Å². The van der Waals surface area contributed by atoms with Crippen molar-refractivity contribution in [1.29, 1.82) is 0 Å². The van der Waals surface area contributed by atoms with Crippen molar-refractivity contribution in [2.24, 2.45) is 0 Å². The van der Waals surface area contributed by atoms with Gasteiger partial charge in [0.25, 0.3) is 0 Å². The monoisotopic (exact) mass is 309 g/mol. The lowest BCUT2D eigenvalue weighted by molar-refractivity contribution is -0.136. The molecule has 0 fully saturated rings. The van der Waals surface area contributed by atoms with Gasteiger partial charge in [-0.2, -0.15) is 0 Å². The van der Waals surface area contributed by atoms with Crippen molar-refractivity contribution in [1.82, 2.24) is 10.5 Å². The Kier molecular flexibility index (Phi) is 5.07. The van der Waals surface area contributed by atoms with Gasteiger partial charge in [-0.25, -0.2) is 0 Å². The molecule has 0 spiro atoms. The number of rotatable bonds is 5. The first kappa shape index (κ1) is 15.2. The summed E-state index contributed by atoms with van der Waals surface area (Å²) in [6.45, 7) is 2.20. The summed E-state index contributed by atoms with van der Waals surface area (Å²) in [6, 6.07) is 5.36. The third kappa shape index (κ3) is 4.14. The number of thiophene rings is 1. The number of hydrogen-bond donors (Lipinski definition) is 2. The van der Waals surface area contributed by atoms with Gasteiger partial charge in [0.05, 0.1) is 0 Å². The van der Waals surface area contributed by atoms with Crippen LogP contribution in [0.25, 0.3) is 0 Å². The minimum Gasteiger partial charge on any atom is -0.374 e. The second kappa shape index (κ2) is 7.00. The summed E-state index contributed by atoms with van der Waals surface area (Å²) in [5.41, 5.74) is 0. The number of aryl methyl sites for hydroxylation is 1. The number of aromatic nitrogens is 1. The molecule has 1 atom stereocenters. The Morgan fingerprint density at radius 2 is 2.19 bits per heavy atom. The standard InChI is InChI=1S/C13H15N3O4S/c1-8-3-4-10(21-8)9(19-2)7-14-12(17)13(18)15-11-5-6-20-16-11/h3-6,9H,7H2,1-2H3,(H,14,17)(H,15,16,18)/t9-/m0/s1. The molecule has 2 rings (SSSR count). The molecule has 0 saturated carbocycles. The smallest absolute Gasteiger partial charge is 0.314 e. The fraction of sp³-hybridized carbons (Fsp3) is 0.308. The van der Waals surface area contributed by atoms with Crippen LogP contribution in [-0.2, 0) is 14.3 Å². The Morgan fingerprint density at radius 1 is 1.38 bits per heavy atom. The molecule has 2 aromatic rings. The third-order valence-corrected chi connectivity index (χ3v) is 3.79. The zero-order chi connectivity index (χ0) is 15.2. The predicted octanol–water partition coefficient (Wildman–Crippen LogP) is 1.49. The van der Waals surface area contributed by atoms with Crippen LogP contribution in [0.2, 0.25) is 0 Å². The zero-order valence-electron chi connectivity index (χ0n) is 11.6. The number of carbonyl (C=O) groups is 2. The maximum absolute atomic E-state index is 11.7. The zero-order valence-corrected chi connectivity index (χ0v) is 12.4. The van der Waals surface area contributed by atoms with Gasteiger partial charge in [-0.3, -0.25) is 14.9 Å². The predicted molar refractivity (Wildman–Crippen MR) is 76.9 cm³/mol. The van der Waals surface area contributed by atoms with E-state index in [1.165, 1.54) is 12.3 Å². The summed E-state index contributed by atoms with van der Waals surface area (Å²) in [6.07, 6.45) is 1.01. The molecule has 0 aliphatic carbocycles. The van der Waals surface area contributed by atoms with Crippen LogP contribution in [0.3, 0.4) is 0 Å². The maximum atomic E-state index is 11.7. The lowest BCUT2D eigenvalue weighted by Crippen LogP contribution is -2.37. The second-order valence-corrected chi connectivity index (χ2v) is 5.54. The molecule has 8 heteroatoms. The number of anilines is 1. The van der Waals surface area contributed by atoms with Crippen LogP contribution in [0, 0.1) is 6.92 Å². The van der Waals surface area contributed by atoms with E-state index >= 15 is 0 Å². The topological polar surface area (TPSA) is 93.5 Å². The van der Waals surface area contributed by atoms with Crippen molar-refractivity contribution in [2.75, 3.05) is 19.0 Å². The summed E-state index contributed by atoms with van der Waals surface area (Å²) in [7, 11) is 1.56. The van der Waals surface area contributed by atoms with Gasteiger partial charge in [0.1, 0.15) is 12.4 Å². The summed E-state index contributed by atoms with van der Waals surface area (Å²) < 4.78 is 9.88. The summed E-state index contributed by atoms with van der Waals surface area (Å²) in [4.78, 5) is 25.4. The average Bonchev–Trinajstić information content (AvgIpc) is 3.11. The van der Waals surface area contributed by atoms with Crippen molar-refractivity contribution < 1.29 is 18.8 Å². The number of hydrogen-bond acceptors (Lipinski definition) is 6. The van der Waals surface area contributed by atoms with E-state index in [0.29, 0.717) is 0 Å². The highest BCUT2D eigenvalue weighted by molar-refractivity contribution is 7.12. The molecule has 0 aliphatic rings. The van der Waals surface area contributed by atoms with Gasteiger partial charge < -0.3 is 14.6 Å². The van der Waals surface area contributed by atoms with Crippen LogP contribution in [0.1, 0.15) is 15.9 Å². The van der Waals surface area contributed by atoms with Crippen molar-refractivity contribution in [2.45, 2.75) is 13.0 Å². The Morgan fingerprint density at radius 3 is 2.76 bits per heavy atom. The van der Waals surface area contributed by atoms with Crippen LogP contribution < -0.4 is 10.6 Å². The molecule has 21 heavy (non-hydrogen) atoms. The molecule has 2 amide bonds. The van der Waals surface area contributed by atoms with Crippen LogP contribution in [0.5, 0.6) is 0 Å². The number of carbonyl (C=O) groups excluding carboxylic acids is 2. The lowest BCUT2D eigenvalue weighted by Gasteiger charge is -2.14. The molecule has 0 unspecified atom stereocenters. The van der Waals surface area contributed by atoms with Crippen molar-refractivity contribution in [3.63, 3.8) is 0 Å². The Labute approximate surface area is 125 Å². The fourth-order valence-electron chi connectivity index (χ4n) is 1.64. The molecule has 2 aromatic heterocycles. The first-order valence-corrected chi connectivity index (χ1v) is 7.00. The van der Waals surface area contributed by atoms with E-state index in [-0.39, 0.29) is 18.5 Å². The van der Waals surface area contributed by atoms with E-state index in [2.05, 4.69) is 20.3 Å². The molecule has 7 nitrogen and oxygen atoms in total. The highest BCUT2D eigenvalue weighted by Crippen LogP contribution is 2.24. The molecular formula is C13H15N3O4S. The summed E-state index contributed by atoms with van der Waals surface area (Å²) in [5, 5.41) is 8.33. The molecule has 2 N–H and O–H groups in total. The van der Waals surface area contributed by atoms with Crippen molar-refractivity contribution >= 4 is 29.0 Å². The molecular weight excluding hydrogens is 294 g/mol. The minimum atomic E-state index is -0.805. The van der Waals surface area contributed by atoms with Crippen molar-refractivity contribution in [3.8, 4) is 0 Å². The van der Waals surface area contributed by atoms with E-state index < -0.39 is 11.8 Å². The second-order valence-electron chi connectivity index (χ2n) is 4.22. The van der Waals surface area contributed by atoms with E-state index in [0.717, 1.165) is 9.75 Å². The lowest BCUT2D eigenvalue weighted by atomic mass is 10.3. The van der Waals surface area contributed by atoms with Gasteiger partial charge in [-0.15, -0.1) is 11.3 Å². The molecule has 0 saturated heterocycles. The summed E-state index contributed by atoms with van der Waals surface area (Å²) in [5.74, 6) is -1.37. The SMILES string of the molecule is CO[C@@H](CNC(=O)C(=O)Nc1ccon1)c1ccc(C)s1. The van der Waals surface area contributed by atoms with Crippen LogP contribution in [0.15, 0.2) is 29.0 Å². The average molecular weight is 309 g/mol. The van der Waals surface area contributed by atoms with Gasteiger partial charge in [0, 0.05) is 29.5 Å². The van der Waals surface area contributed by atoms with Crippen LogP contribution in [-0.4, -0.2) is 30.6 Å². The van der Waals surface area contributed by atoms with Gasteiger partial charge >= 0.3 is 11.8 Å². The number of methoxy groups -OCH3 is 1. The molecule has 2 heterocycles. The molecule has 0 aliphatic heterocycles. The third-order valence-electron chi connectivity index (χ3n) is 2.70. The number of ether oxygens (including phenoxy) is 1. The highest BCUT2D eigenvalue weighted by atomic mass is 32.1. The number of nitrogens with one attached hydrogen (secondary N) is 2. The first-order valence-electron chi connectivity index (χ1n) is 6.19. The van der Waals surface area contributed by atoms with Crippen LogP contribution in [0.4, 0.5) is 5.82 Å². The summed E-state index contributed by atoms with van der Waals surface area (Å²) >= 11 is 1.59. The molecule has 112 valence electrons. The van der Waals surface area contributed by atoms with E-state index in [1.807, 2.05) is 19.1 Å². The van der Waals surface area contributed by atoms with Crippen LogP contribution >= 0.6 is 11.3 Å². The van der Waals surface area contributed by atoms with Gasteiger partial charge in [0.2, 0.25) is 0 Å².